The van der Waals surface area contributed by atoms with Crippen LogP contribution in [0.15, 0.2) is 40.4 Å². The van der Waals surface area contributed by atoms with Gasteiger partial charge in [-0.15, -0.1) is 0 Å². The largest absolute Gasteiger partial charge is 0.310 e. The molecule has 0 atom stereocenters. The van der Waals surface area contributed by atoms with Crippen LogP contribution in [-0.2, 0) is 34.2 Å². The Morgan fingerprint density at radius 1 is 1.11 bits per heavy atom. The van der Waals surface area contributed by atoms with Crippen LogP contribution >= 0.6 is 11.8 Å². The van der Waals surface area contributed by atoms with Gasteiger partial charge in [0.1, 0.15) is 10.8 Å². The van der Waals surface area contributed by atoms with E-state index in [1.165, 1.54) is 24.2 Å². The standard InChI is InChI=1S/C23H27N7O4S2/c1-30-20(32)11-25-18-4-2-3-14(21(18)30)9-24-15-5-7-16(8-6-15)29-36(33,34)13-17-10-26-23-22(27-17)28-19(31)12-35-23/h2-4,10-11,15-16,24,29H,5-9,12-13H2,1H3,(H,27,28,31). The van der Waals surface area contributed by atoms with E-state index in [0.717, 1.165) is 42.3 Å². The summed E-state index contributed by atoms with van der Waals surface area (Å²) in [6, 6.07) is 5.92. The lowest BCUT2D eigenvalue weighted by atomic mass is 9.91. The summed E-state index contributed by atoms with van der Waals surface area (Å²) in [5.74, 6) is 0.126. The zero-order chi connectivity index (χ0) is 25.3. The van der Waals surface area contributed by atoms with Crippen LogP contribution in [0.25, 0.3) is 11.0 Å². The molecule has 11 nitrogen and oxygen atoms in total. The number of amides is 1. The first-order valence-corrected chi connectivity index (χ1v) is 14.4. The molecule has 3 aromatic rings. The molecule has 1 aliphatic carbocycles. The predicted molar refractivity (Wildman–Crippen MR) is 137 cm³/mol. The van der Waals surface area contributed by atoms with Gasteiger partial charge in [-0.05, 0) is 37.3 Å². The number of para-hydroxylation sites is 1. The lowest BCUT2D eigenvalue weighted by molar-refractivity contribution is -0.113. The van der Waals surface area contributed by atoms with Crippen molar-refractivity contribution in [2.45, 2.75) is 55.1 Å². The second-order valence-corrected chi connectivity index (χ2v) is 11.8. The topological polar surface area (TPSA) is 148 Å². The third-order valence-corrected chi connectivity index (χ3v) is 8.80. The van der Waals surface area contributed by atoms with Crippen molar-refractivity contribution >= 4 is 44.5 Å². The number of rotatable bonds is 7. The highest BCUT2D eigenvalue weighted by Gasteiger charge is 2.26. The van der Waals surface area contributed by atoms with Crippen molar-refractivity contribution in [3.8, 4) is 0 Å². The van der Waals surface area contributed by atoms with Gasteiger partial charge in [0, 0.05) is 25.7 Å². The number of nitrogens with zero attached hydrogens (tertiary/aromatic N) is 4. The summed E-state index contributed by atoms with van der Waals surface area (Å²) >= 11 is 1.28. The zero-order valence-corrected chi connectivity index (χ0v) is 21.4. The minimum absolute atomic E-state index is 0.142. The van der Waals surface area contributed by atoms with Crippen molar-refractivity contribution in [1.29, 1.82) is 0 Å². The number of carbonyl (C=O) groups excluding carboxylic acids is 1. The smallest absolute Gasteiger partial charge is 0.269 e. The highest BCUT2D eigenvalue weighted by molar-refractivity contribution is 8.00. The fourth-order valence-corrected chi connectivity index (χ4v) is 6.72. The van der Waals surface area contributed by atoms with Gasteiger partial charge < -0.3 is 15.2 Å². The number of aromatic nitrogens is 4. The first kappa shape index (κ1) is 24.8. The van der Waals surface area contributed by atoms with Gasteiger partial charge in [-0.25, -0.2) is 28.1 Å². The van der Waals surface area contributed by atoms with Crippen LogP contribution in [0.1, 0.15) is 36.9 Å². The van der Waals surface area contributed by atoms with E-state index >= 15 is 0 Å². The molecule has 1 aliphatic heterocycles. The predicted octanol–water partition coefficient (Wildman–Crippen LogP) is 1.29. The van der Waals surface area contributed by atoms with Crippen LogP contribution in [0.4, 0.5) is 5.82 Å². The second kappa shape index (κ2) is 10.2. The molecule has 2 aliphatic rings. The summed E-state index contributed by atoms with van der Waals surface area (Å²) in [5.41, 5.74) is 2.75. The van der Waals surface area contributed by atoms with Gasteiger partial charge in [0.25, 0.3) is 5.56 Å². The van der Waals surface area contributed by atoms with Crippen LogP contribution in [0.2, 0.25) is 0 Å². The summed E-state index contributed by atoms with van der Waals surface area (Å²) in [6.45, 7) is 0.600. The Labute approximate surface area is 212 Å². The first-order valence-electron chi connectivity index (χ1n) is 11.7. The lowest BCUT2D eigenvalue weighted by Gasteiger charge is -2.29. The molecule has 2 aromatic heterocycles. The Hall–Kier alpha value is -2.87. The minimum Gasteiger partial charge on any atom is -0.310 e. The Balaban J connectivity index is 1.15. The van der Waals surface area contributed by atoms with E-state index in [-0.39, 0.29) is 35.1 Å². The highest BCUT2D eigenvalue weighted by atomic mass is 32.2. The van der Waals surface area contributed by atoms with Gasteiger partial charge in [0.15, 0.2) is 5.82 Å². The zero-order valence-electron chi connectivity index (χ0n) is 19.7. The van der Waals surface area contributed by atoms with Crippen molar-refractivity contribution in [2.24, 2.45) is 7.05 Å². The van der Waals surface area contributed by atoms with Gasteiger partial charge in [-0.3, -0.25) is 9.59 Å². The molecule has 13 heteroatoms. The Kier molecular flexibility index (Phi) is 7.06. The lowest BCUT2D eigenvalue weighted by Crippen LogP contribution is -2.42. The molecule has 190 valence electrons. The van der Waals surface area contributed by atoms with Gasteiger partial charge in [0.05, 0.1) is 34.9 Å². The van der Waals surface area contributed by atoms with Crippen molar-refractivity contribution < 1.29 is 13.2 Å². The number of benzene rings is 1. The van der Waals surface area contributed by atoms with Crippen molar-refractivity contribution in [3.05, 3.63) is 52.2 Å². The van der Waals surface area contributed by atoms with Crippen LogP contribution in [0, 0.1) is 0 Å². The summed E-state index contributed by atoms with van der Waals surface area (Å²) in [7, 11) is -1.86. The molecule has 0 bridgehead atoms. The monoisotopic (exact) mass is 529 g/mol. The molecule has 1 fully saturated rings. The molecular formula is C23H27N7O4S2. The maximum absolute atomic E-state index is 12.8. The summed E-state index contributed by atoms with van der Waals surface area (Å²) in [6.07, 6.45) is 5.87. The molecule has 1 aromatic carbocycles. The fraction of sp³-hybridized carbons (Fsp3) is 0.435. The summed E-state index contributed by atoms with van der Waals surface area (Å²) in [5, 5.41) is 6.79. The maximum Gasteiger partial charge on any atom is 0.269 e. The molecule has 3 N–H and O–H groups in total. The number of hydrogen-bond acceptors (Lipinski definition) is 9. The van der Waals surface area contributed by atoms with E-state index in [4.69, 9.17) is 0 Å². The summed E-state index contributed by atoms with van der Waals surface area (Å²) in [4.78, 5) is 36.3. The quantitative estimate of drug-likeness (QED) is 0.412. The normalized spacial score (nSPS) is 20.2. The Morgan fingerprint density at radius 3 is 2.69 bits per heavy atom. The molecule has 5 rings (SSSR count). The third kappa shape index (κ3) is 5.59. The number of hydrogen-bond donors (Lipinski definition) is 3. The number of thioether (sulfide) groups is 1. The van der Waals surface area contributed by atoms with Crippen LogP contribution < -0.4 is 20.9 Å². The van der Waals surface area contributed by atoms with E-state index in [1.807, 2.05) is 18.2 Å². The molecule has 3 heterocycles. The molecule has 36 heavy (non-hydrogen) atoms. The molecule has 0 unspecified atom stereocenters. The van der Waals surface area contributed by atoms with Crippen LogP contribution in [-0.4, -0.2) is 51.7 Å². The fourth-order valence-electron chi connectivity index (χ4n) is 4.67. The Bertz CT molecular complexity index is 1470. The van der Waals surface area contributed by atoms with Crippen molar-refractivity contribution in [1.82, 2.24) is 29.6 Å². The highest BCUT2D eigenvalue weighted by Crippen LogP contribution is 2.28. The van der Waals surface area contributed by atoms with E-state index in [9.17, 15) is 18.0 Å². The minimum atomic E-state index is -3.61. The average Bonchev–Trinajstić information content (AvgIpc) is 2.85. The molecule has 0 spiro atoms. The van der Waals surface area contributed by atoms with E-state index in [1.54, 1.807) is 11.6 Å². The second-order valence-electron chi connectivity index (χ2n) is 9.10. The van der Waals surface area contributed by atoms with Crippen LogP contribution in [0.5, 0.6) is 0 Å². The summed E-state index contributed by atoms with van der Waals surface area (Å²) < 4.78 is 29.9. The number of fused-ring (bicyclic) bond motifs is 2. The number of carbonyl (C=O) groups is 1. The molecule has 1 amide bonds. The van der Waals surface area contributed by atoms with E-state index < -0.39 is 10.0 Å². The Morgan fingerprint density at radius 2 is 1.89 bits per heavy atom. The number of nitrogens with one attached hydrogen (secondary N) is 3. The SMILES string of the molecule is Cn1c(=O)cnc2cccc(CNC3CCC(NS(=O)(=O)Cc4cnc5c(n4)NC(=O)CS5)CC3)c21. The molecule has 1 saturated carbocycles. The van der Waals surface area contributed by atoms with E-state index in [0.29, 0.717) is 23.1 Å². The molecule has 0 radical (unpaired) electrons. The maximum atomic E-state index is 12.8. The van der Waals surface area contributed by atoms with Gasteiger partial charge in [-0.1, -0.05) is 23.9 Å². The van der Waals surface area contributed by atoms with Crippen LogP contribution in [0.3, 0.4) is 0 Å². The first-order chi connectivity index (χ1) is 17.3. The van der Waals surface area contributed by atoms with Crippen molar-refractivity contribution in [2.75, 3.05) is 11.1 Å². The van der Waals surface area contributed by atoms with Gasteiger partial charge >= 0.3 is 0 Å². The number of sulfonamides is 1. The molecular weight excluding hydrogens is 502 g/mol. The molecule has 0 saturated heterocycles. The van der Waals surface area contributed by atoms with Crippen molar-refractivity contribution in [3.63, 3.8) is 0 Å². The van der Waals surface area contributed by atoms with Gasteiger partial charge in [0.2, 0.25) is 15.9 Å². The number of anilines is 1. The van der Waals surface area contributed by atoms with E-state index in [2.05, 4.69) is 30.3 Å². The number of aryl methyl sites for hydroxylation is 1. The average molecular weight is 530 g/mol. The van der Waals surface area contributed by atoms with Gasteiger partial charge in [-0.2, -0.15) is 0 Å². The third-order valence-electron chi connectivity index (χ3n) is 6.46.